The third-order valence-corrected chi connectivity index (χ3v) is 2.63. The van der Waals surface area contributed by atoms with Crippen LogP contribution in [0.1, 0.15) is 21.7 Å². The van der Waals surface area contributed by atoms with Gasteiger partial charge in [0.25, 0.3) is 0 Å². The number of esters is 1. The number of carbonyl (C=O) groups excluding carboxylic acids is 1. The van der Waals surface area contributed by atoms with Gasteiger partial charge in [0.05, 0.1) is 7.11 Å². The second kappa shape index (κ2) is 4.60. The summed E-state index contributed by atoms with van der Waals surface area (Å²) in [6.45, 7) is 3.41. The van der Waals surface area contributed by atoms with E-state index in [-0.39, 0.29) is 16.8 Å². The first-order valence-corrected chi connectivity index (χ1v) is 5.35. The van der Waals surface area contributed by atoms with Crippen LogP contribution in [0.15, 0.2) is 22.7 Å². The van der Waals surface area contributed by atoms with Gasteiger partial charge in [0.1, 0.15) is 22.8 Å². The SMILES string of the molecule is COC(=O)c1c(-c2cc(C)ccc2F)noc1C. The zero-order valence-corrected chi connectivity index (χ0v) is 10.3. The van der Waals surface area contributed by atoms with Gasteiger partial charge in [-0.2, -0.15) is 0 Å². The van der Waals surface area contributed by atoms with Gasteiger partial charge in [0, 0.05) is 5.56 Å². The fraction of sp³-hybridized carbons (Fsp3) is 0.231. The molecule has 18 heavy (non-hydrogen) atoms. The molecule has 0 fully saturated rings. The van der Waals surface area contributed by atoms with Gasteiger partial charge in [-0.05, 0) is 26.0 Å². The number of halogens is 1. The molecule has 94 valence electrons. The molecule has 0 radical (unpaired) electrons. The van der Waals surface area contributed by atoms with Crippen LogP contribution in [0, 0.1) is 19.7 Å². The molecular formula is C13H12FNO3. The summed E-state index contributed by atoms with van der Waals surface area (Å²) in [6.07, 6.45) is 0. The molecule has 5 heteroatoms. The molecule has 0 aliphatic rings. The number of carbonyl (C=O) groups is 1. The van der Waals surface area contributed by atoms with E-state index in [4.69, 9.17) is 4.52 Å². The Bertz CT molecular complexity index is 604. The van der Waals surface area contributed by atoms with E-state index in [2.05, 4.69) is 9.89 Å². The van der Waals surface area contributed by atoms with Crippen molar-refractivity contribution < 1.29 is 18.4 Å². The van der Waals surface area contributed by atoms with Crippen LogP contribution in [0.2, 0.25) is 0 Å². The van der Waals surface area contributed by atoms with Crippen molar-refractivity contribution in [1.29, 1.82) is 0 Å². The third-order valence-electron chi connectivity index (χ3n) is 2.63. The first-order chi connectivity index (χ1) is 8.54. The number of benzene rings is 1. The predicted octanol–water partition coefficient (Wildman–Crippen LogP) is 2.88. The lowest BCUT2D eigenvalue weighted by Gasteiger charge is -2.03. The largest absolute Gasteiger partial charge is 0.465 e. The van der Waals surface area contributed by atoms with E-state index in [1.54, 1.807) is 19.1 Å². The Hall–Kier alpha value is -2.17. The molecule has 0 bridgehead atoms. The maximum atomic E-state index is 13.8. The standard InChI is InChI=1S/C13H12FNO3/c1-7-4-5-10(14)9(6-7)12-11(13(16)17-3)8(2)18-15-12/h4-6H,1-3H3. The summed E-state index contributed by atoms with van der Waals surface area (Å²) in [7, 11) is 1.26. The second-order valence-electron chi connectivity index (χ2n) is 3.94. The van der Waals surface area contributed by atoms with Gasteiger partial charge in [-0.3, -0.25) is 0 Å². The van der Waals surface area contributed by atoms with Crippen LogP contribution in [0.4, 0.5) is 4.39 Å². The summed E-state index contributed by atoms with van der Waals surface area (Å²) in [4.78, 5) is 11.6. The summed E-state index contributed by atoms with van der Waals surface area (Å²) < 4.78 is 23.4. The maximum Gasteiger partial charge on any atom is 0.343 e. The van der Waals surface area contributed by atoms with Crippen LogP contribution in [0.25, 0.3) is 11.3 Å². The zero-order valence-electron chi connectivity index (χ0n) is 10.3. The Balaban J connectivity index is 2.64. The average Bonchev–Trinajstić information content (AvgIpc) is 2.73. The van der Waals surface area contributed by atoms with Crippen molar-refractivity contribution in [3.8, 4) is 11.3 Å². The minimum atomic E-state index is -0.593. The highest BCUT2D eigenvalue weighted by Gasteiger charge is 2.24. The van der Waals surface area contributed by atoms with Crippen molar-refractivity contribution in [2.45, 2.75) is 13.8 Å². The van der Waals surface area contributed by atoms with Crippen molar-refractivity contribution in [2.75, 3.05) is 7.11 Å². The Morgan fingerprint density at radius 2 is 2.11 bits per heavy atom. The highest BCUT2D eigenvalue weighted by Crippen LogP contribution is 2.28. The monoisotopic (exact) mass is 249 g/mol. The van der Waals surface area contributed by atoms with E-state index in [0.717, 1.165) is 5.56 Å². The molecule has 0 unspecified atom stereocenters. The highest BCUT2D eigenvalue weighted by atomic mass is 19.1. The summed E-state index contributed by atoms with van der Waals surface area (Å²) in [5.41, 5.74) is 1.41. The number of aryl methyl sites for hydroxylation is 2. The predicted molar refractivity (Wildman–Crippen MR) is 62.7 cm³/mol. The molecule has 2 aromatic rings. The Morgan fingerprint density at radius 3 is 2.78 bits per heavy atom. The van der Waals surface area contributed by atoms with Gasteiger partial charge in [0.15, 0.2) is 0 Å². The van der Waals surface area contributed by atoms with Crippen molar-refractivity contribution in [3.05, 3.63) is 40.9 Å². The van der Waals surface area contributed by atoms with Gasteiger partial charge in [-0.1, -0.05) is 16.8 Å². The molecule has 1 aromatic carbocycles. The van der Waals surface area contributed by atoms with Crippen LogP contribution < -0.4 is 0 Å². The molecular weight excluding hydrogens is 237 g/mol. The minimum absolute atomic E-state index is 0.155. The third kappa shape index (κ3) is 1.99. The topological polar surface area (TPSA) is 52.3 Å². The number of rotatable bonds is 2. The molecule has 2 rings (SSSR count). The van der Waals surface area contributed by atoms with Crippen molar-refractivity contribution in [1.82, 2.24) is 5.16 Å². The molecule has 0 aliphatic carbocycles. The van der Waals surface area contributed by atoms with Crippen LogP contribution >= 0.6 is 0 Å². The van der Waals surface area contributed by atoms with Gasteiger partial charge < -0.3 is 9.26 Å². The number of nitrogens with zero attached hydrogens (tertiary/aromatic N) is 1. The van der Waals surface area contributed by atoms with E-state index in [0.29, 0.717) is 5.76 Å². The summed E-state index contributed by atoms with van der Waals surface area (Å²) in [6, 6.07) is 4.58. The van der Waals surface area contributed by atoms with E-state index < -0.39 is 11.8 Å². The molecule has 0 saturated carbocycles. The van der Waals surface area contributed by atoms with Gasteiger partial charge in [-0.15, -0.1) is 0 Å². The zero-order chi connectivity index (χ0) is 13.3. The molecule has 0 amide bonds. The van der Waals surface area contributed by atoms with Crippen molar-refractivity contribution in [2.24, 2.45) is 0 Å². The Kier molecular flexibility index (Phi) is 3.14. The number of methoxy groups -OCH3 is 1. The van der Waals surface area contributed by atoms with Gasteiger partial charge in [0.2, 0.25) is 0 Å². The highest BCUT2D eigenvalue weighted by molar-refractivity contribution is 5.97. The maximum absolute atomic E-state index is 13.8. The van der Waals surface area contributed by atoms with Crippen molar-refractivity contribution >= 4 is 5.97 Å². The second-order valence-corrected chi connectivity index (χ2v) is 3.94. The molecule has 1 heterocycles. The number of hydrogen-bond acceptors (Lipinski definition) is 4. The van der Waals surface area contributed by atoms with E-state index in [1.165, 1.54) is 13.2 Å². The molecule has 0 aliphatic heterocycles. The van der Waals surface area contributed by atoms with E-state index in [9.17, 15) is 9.18 Å². The van der Waals surface area contributed by atoms with Crippen LogP contribution in [-0.2, 0) is 4.74 Å². The summed E-state index contributed by atoms with van der Waals surface area (Å²) in [5, 5.41) is 3.74. The van der Waals surface area contributed by atoms with Crippen molar-refractivity contribution in [3.63, 3.8) is 0 Å². The first kappa shape index (κ1) is 12.3. The normalized spacial score (nSPS) is 10.4. The molecule has 0 atom stereocenters. The molecule has 0 N–H and O–H groups in total. The van der Waals surface area contributed by atoms with Gasteiger partial charge in [-0.25, -0.2) is 9.18 Å². The Labute approximate surface area is 103 Å². The molecule has 4 nitrogen and oxygen atoms in total. The fourth-order valence-corrected chi connectivity index (χ4v) is 1.72. The lowest BCUT2D eigenvalue weighted by atomic mass is 10.0. The molecule has 1 aromatic heterocycles. The summed E-state index contributed by atoms with van der Waals surface area (Å²) >= 11 is 0. The molecule has 0 spiro atoms. The fourth-order valence-electron chi connectivity index (χ4n) is 1.72. The number of ether oxygens (including phenoxy) is 1. The number of aromatic nitrogens is 1. The van der Waals surface area contributed by atoms with E-state index >= 15 is 0 Å². The Morgan fingerprint density at radius 1 is 1.39 bits per heavy atom. The summed E-state index contributed by atoms with van der Waals surface area (Å²) in [5.74, 6) is -0.749. The van der Waals surface area contributed by atoms with Gasteiger partial charge >= 0.3 is 5.97 Å². The lowest BCUT2D eigenvalue weighted by Crippen LogP contribution is -2.04. The smallest absolute Gasteiger partial charge is 0.343 e. The van der Waals surface area contributed by atoms with Crippen LogP contribution in [-0.4, -0.2) is 18.2 Å². The van der Waals surface area contributed by atoms with Crippen LogP contribution in [0.3, 0.4) is 0 Å². The average molecular weight is 249 g/mol. The number of hydrogen-bond donors (Lipinski definition) is 0. The lowest BCUT2D eigenvalue weighted by molar-refractivity contribution is 0.0599. The first-order valence-electron chi connectivity index (χ1n) is 5.35. The minimum Gasteiger partial charge on any atom is -0.465 e. The molecule has 0 saturated heterocycles. The van der Waals surface area contributed by atoms with E-state index in [1.807, 2.05) is 6.92 Å². The quantitative estimate of drug-likeness (QED) is 0.768. The van der Waals surface area contributed by atoms with Crippen LogP contribution in [0.5, 0.6) is 0 Å².